The molecule has 2 rings (SSSR count). The number of fused-ring (bicyclic) bond motifs is 1. The van der Waals surface area contributed by atoms with Gasteiger partial charge in [-0.05, 0) is 26.7 Å². The van der Waals surface area contributed by atoms with Crippen LogP contribution >= 0.6 is 0 Å². The number of hydrogen-bond donors (Lipinski definition) is 2. The van der Waals surface area contributed by atoms with Gasteiger partial charge in [-0.1, -0.05) is 0 Å². The summed E-state index contributed by atoms with van der Waals surface area (Å²) in [5.74, 6) is -0.635. The number of aliphatic carboxylic acids is 1. The maximum absolute atomic E-state index is 12.2. The summed E-state index contributed by atoms with van der Waals surface area (Å²) in [5.41, 5.74) is 1.09. The molecule has 0 aromatic carbocycles. The molecule has 1 atom stereocenters. The van der Waals surface area contributed by atoms with Crippen molar-refractivity contribution in [2.24, 2.45) is 0 Å². The molecule has 0 aliphatic rings. The van der Waals surface area contributed by atoms with E-state index in [9.17, 15) is 9.59 Å². The van der Waals surface area contributed by atoms with Crippen LogP contribution < -0.4 is 5.32 Å². The standard InChI is InChI=1S/C13H17N5O3/c1-8(4-3-5-11(19)20)17-12(21)10-6-14-13-15-7-16-18(13)9(10)2/h6-8H,3-5H2,1-2H3,(H,17,21)(H,19,20). The SMILES string of the molecule is Cc1c(C(=O)NC(C)CCCC(=O)O)cnc2ncnn12. The van der Waals surface area contributed by atoms with E-state index in [1.807, 2.05) is 6.92 Å². The van der Waals surface area contributed by atoms with Crippen LogP contribution in [0, 0.1) is 6.92 Å². The number of carbonyl (C=O) groups is 2. The van der Waals surface area contributed by atoms with Crippen molar-refractivity contribution in [1.82, 2.24) is 24.9 Å². The molecule has 2 aromatic rings. The molecule has 2 heterocycles. The Hall–Kier alpha value is -2.51. The average Bonchev–Trinajstić information content (AvgIpc) is 2.87. The zero-order valence-corrected chi connectivity index (χ0v) is 11.9. The molecule has 8 nitrogen and oxygen atoms in total. The number of nitrogens with zero attached hydrogens (tertiary/aromatic N) is 4. The Morgan fingerprint density at radius 2 is 2.19 bits per heavy atom. The molecule has 0 aliphatic carbocycles. The highest BCUT2D eigenvalue weighted by molar-refractivity contribution is 5.95. The Morgan fingerprint density at radius 3 is 2.90 bits per heavy atom. The minimum absolute atomic E-state index is 0.103. The number of rotatable bonds is 6. The fourth-order valence-electron chi connectivity index (χ4n) is 2.05. The van der Waals surface area contributed by atoms with Crippen molar-refractivity contribution in [3.05, 3.63) is 23.8 Å². The van der Waals surface area contributed by atoms with E-state index < -0.39 is 5.97 Å². The molecule has 0 saturated carbocycles. The van der Waals surface area contributed by atoms with Crippen molar-refractivity contribution in [1.29, 1.82) is 0 Å². The molecule has 0 bridgehead atoms. The lowest BCUT2D eigenvalue weighted by atomic mass is 10.1. The fourth-order valence-corrected chi connectivity index (χ4v) is 2.05. The molecular weight excluding hydrogens is 274 g/mol. The summed E-state index contributed by atoms with van der Waals surface area (Å²) in [5, 5.41) is 15.4. The molecule has 2 aromatic heterocycles. The molecule has 1 amide bonds. The van der Waals surface area contributed by atoms with Gasteiger partial charge in [-0.2, -0.15) is 10.1 Å². The van der Waals surface area contributed by atoms with Crippen LogP contribution in [0.4, 0.5) is 0 Å². The molecule has 8 heteroatoms. The van der Waals surface area contributed by atoms with Gasteiger partial charge in [-0.15, -0.1) is 0 Å². The second-order valence-electron chi connectivity index (χ2n) is 4.89. The molecule has 0 radical (unpaired) electrons. The summed E-state index contributed by atoms with van der Waals surface area (Å²) < 4.78 is 1.50. The van der Waals surface area contributed by atoms with Crippen LogP contribution in [0.1, 0.15) is 42.2 Å². The van der Waals surface area contributed by atoms with E-state index in [2.05, 4.69) is 20.4 Å². The topological polar surface area (TPSA) is 109 Å². The van der Waals surface area contributed by atoms with E-state index in [1.165, 1.54) is 17.0 Å². The van der Waals surface area contributed by atoms with E-state index in [1.54, 1.807) is 6.92 Å². The first-order valence-electron chi connectivity index (χ1n) is 6.67. The highest BCUT2D eigenvalue weighted by atomic mass is 16.4. The third-order valence-electron chi connectivity index (χ3n) is 3.20. The van der Waals surface area contributed by atoms with Gasteiger partial charge < -0.3 is 10.4 Å². The van der Waals surface area contributed by atoms with Crippen molar-refractivity contribution in [2.75, 3.05) is 0 Å². The number of carboxylic acids is 1. The largest absolute Gasteiger partial charge is 0.481 e. The Morgan fingerprint density at radius 1 is 1.43 bits per heavy atom. The van der Waals surface area contributed by atoms with Crippen LogP contribution in [0.5, 0.6) is 0 Å². The predicted octanol–water partition coefficient (Wildman–Crippen LogP) is 0.806. The zero-order chi connectivity index (χ0) is 15.4. The first-order chi connectivity index (χ1) is 9.99. The van der Waals surface area contributed by atoms with E-state index in [4.69, 9.17) is 5.11 Å². The van der Waals surface area contributed by atoms with Crippen LogP contribution in [0.3, 0.4) is 0 Å². The molecule has 0 fully saturated rings. The van der Waals surface area contributed by atoms with E-state index >= 15 is 0 Å². The van der Waals surface area contributed by atoms with Gasteiger partial charge in [0.25, 0.3) is 11.7 Å². The number of hydrogen-bond acceptors (Lipinski definition) is 5. The first kappa shape index (κ1) is 14.9. The minimum Gasteiger partial charge on any atom is -0.481 e. The van der Waals surface area contributed by atoms with Crippen molar-refractivity contribution in [3.63, 3.8) is 0 Å². The molecular formula is C13H17N5O3. The molecule has 0 spiro atoms. The summed E-state index contributed by atoms with van der Waals surface area (Å²) in [6.45, 7) is 3.61. The third kappa shape index (κ3) is 3.53. The fraction of sp³-hybridized carbons (Fsp3) is 0.462. The second-order valence-corrected chi connectivity index (χ2v) is 4.89. The quantitative estimate of drug-likeness (QED) is 0.815. The number of carboxylic acid groups (broad SMARTS) is 1. The predicted molar refractivity (Wildman–Crippen MR) is 73.9 cm³/mol. The van der Waals surface area contributed by atoms with E-state index in [-0.39, 0.29) is 18.4 Å². The number of aryl methyl sites for hydroxylation is 1. The van der Waals surface area contributed by atoms with Crippen LogP contribution in [-0.2, 0) is 4.79 Å². The van der Waals surface area contributed by atoms with Crippen LogP contribution in [0.2, 0.25) is 0 Å². The van der Waals surface area contributed by atoms with Gasteiger partial charge in [-0.3, -0.25) is 9.59 Å². The summed E-state index contributed by atoms with van der Waals surface area (Å²) in [6, 6.07) is -0.109. The summed E-state index contributed by atoms with van der Waals surface area (Å²) >= 11 is 0. The third-order valence-corrected chi connectivity index (χ3v) is 3.20. The Kier molecular flexibility index (Phi) is 4.46. The lowest BCUT2D eigenvalue weighted by Crippen LogP contribution is -2.33. The lowest BCUT2D eigenvalue weighted by Gasteiger charge is -2.14. The Labute approximate surface area is 121 Å². The lowest BCUT2D eigenvalue weighted by molar-refractivity contribution is -0.137. The summed E-state index contributed by atoms with van der Waals surface area (Å²) in [6.07, 6.45) is 4.09. The van der Waals surface area contributed by atoms with Gasteiger partial charge in [0.2, 0.25) is 0 Å². The Bertz CT molecular complexity index is 667. The number of nitrogens with one attached hydrogen (secondary N) is 1. The molecule has 21 heavy (non-hydrogen) atoms. The summed E-state index contributed by atoms with van der Waals surface area (Å²) in [7, 11) is 0. The zero-order valence-electron chi connectivity index (χ0n) is 11.9. The number of amides is 1. The van der Waals surface area contributed by atoms with Gasteiger partial charge >= 0.3 is 5.97 Å². The maximum Gasteiger partial charge on any atom is 0.303 e. The van der Waals surface area contributed by atoms with Crippen molar-refractivity contribution in [3.8, 4) is 0 Å². The maximum atomic E-state index is 12.2. The molecule has 112 valence electrons. The van der Waals surface area contributed by atoms with Crippen LogP contribution in [0.25, 0.3) is 5.78 Å². The van der Waals surface area contributed by atoms with Crippen molar-refractivity contribution in [2.45, 2.75) is 39.2 Å². The summed E-state index contributed by atoms with van der Waals surface area (Å²) in [4.78, 5) is 30.7. The van der Waals surface area contributed by atoms with E-state index in [0.29, 0.717) is 29.9 Å². The monoisotopic (exact) mass is 291 g/mol. The van der Waals surface area contributed by atoms with Crippen molar-refractivity contribution >= 4 is 17.7 Å². The number of carbonyl (C=O) groups excluding carboxylic acids is 1. The van der Waals surface area contributed by atoms with Crippen LogP contribution in [-0.4, -0.2) is 42.6 Å². The van der Waals surface area contributed by atoms with Gasteiger partial charge in [0.05, 0.1) is 11.3 Å². The second kappa shape index (κ2) is 6.29. The minimum atomic E-state index is -0.829. The van der Waals surface area contributed by atoms with E-state index in [0.717, 1.165) is 0 Å². The molecule has 1 unspecified atom stereocenters. The van der Waals surface area contributed by atoms with Gasteiger partial charge in [0.15, 0.2) is 0 Å². The highest BCUT2D eigenvalue weighted by Gasteiger charge is 2.15. The average molecular weight is 291 g/mol. The van der Waals surface area contributed by atoms with Gasteiger partial charge in [0, 0.05) is 18.7 Å². The normalized spacial score (nSPS) is 12.3. The van der Waals surface area contributed by atoms with Gasteiger partial charge in [-0.25, -0.2) is 9.50 Å². The number of aromatic nitrogens is 4. The molecule has 2 N–H and O–H groups in total. The Balaban J connectivity index is 2.01. The van der Waals surface area contributed by atoms with Crippen molar-refractivity contribution < 1.29 is 14.7 Å². The molecule has 0 aliphatic heterocycles. The highest BCUT2D eigenvalue weighted by Crippen LogP contribution is 2.08. The van der Waals surface area contributed by atoms with Gasteiger partial charge in [0.1, 0.15) is 6.33 Å². The first-order valence-corrected chi connectivity index (χ1v) is 6.67. The molecule has 0 saturated heterocycles. The van der Waals surface area contributed by atoms with Crippen LogP contribution in [0.15, 0.2) is 12.5 Å². The smallest absolute Gasteiger partial charge is 0.303 e.